The summed E-state index contributed by atoms with van der Waals surface area (Å²) in [5, 5.41) is 3.20. The van der Waals surface area contributed by atoms with Crippen molar-refractivity contribution in [3.05, 3.63) is 47.8 Å². The van der Waals surface area contributed by atoms with Crippen LogP contribution in [0.2, 0.25) is 0 Å². The van der Waals surface area contributed by atoms with Gasteiger partial charge in [-0.2, -0.15) is 0 Å². The normalized spacial score (nSPS) is 10.1. The lowest BCUT2D eigenvalue weighted by atomic mass is 10.1. The highest BCUT2D eigenvalue weighted by atomic mass is 15.3. The minimum absolute atomic E-state index is 0.543. The quantitative estimate of drug-likeness (QED) is 0.552. The first-order valence-corrected chi connectivity index (χ1v) is 5.92. The van der Waals surface area contributed by atoms with E-state index in [0.29, 0.717) is 18.2 Å². The molecule has 0 spiro atoms. The van der Waals surface area contributed by atoms with E-state index >= 15 is 0 Å². The minimum atomic E-state index is 0.543. The first-order valence-electron chi connectivity index (χ1n) is 5.92. The molecule has 4 N–H and O–H groups in total. The summed E-state index contributed by atoms with van der Waals surface area (Å²) in [5.41, 5.74) is 5.02. The van der Waals surface area contributed by atoms with Gasteiger partial charge in [0.2, 0.25) is 0 Å². The topological polar surface area (TPSA) is 75.9 Å². The molecule has 94 valence electrons. The highest BCUT2D eigenvalue weighted by Gasteiger charge is 1.98. The number of aromatic nitrogens is 2. The molecule has 0 amide bonds. The minimum Gasteiger partial charge on any atom is -0.365 e. The maximum Gasteiger partial charge on any atom is 0.160 e. The van der Waals surface area contributed by atoms with Crippen LogP contribution in [0.4, 0.5) is 11.6 Å². The Hall–Kier alpha value is -2.14. The van der Waals surface area contributed by atoms with Crippen molar-refractivity contribution >= 4 is 11.6 Å². The van der Waals surface area contributed by atoms with Crippen LogP contribution < -0.4 is 16.6 Å². The lowest BCUT2D eigenvalue weighted by molar-refractivity contribution is 1.07. The molecule has 1 aromatic carbocycles. The second kappa shape index (κ2) is 5.97. The molecule has 5 heteroatoms. The molecule has 0 saturated carbocycles. The largest absolute Gasteiger partial charge is 0.365 e. The molecule has 1 heterocycles. The Bertz CT molecular complexity index is 495. The van der Waals surface area contributed by atoms with Crippen molar-refractivity contribution in [1.82, 2.24) is 9.97 Å². The highest BCUT2D eigenvalue weighted by Crippen LogP contribution is 2.09. The van der Waals surface area contributed by atoms with Gasteiger partial charge in [-0.1, -0.05) is 31.2 Å². The predicted octanol–water partition coefficient (Wildman–Crippen LogP) is 1.94. The van der Waals surface area contributed by atoms with Gasteiger partial charge in [0.25, 0.3) is 0 Å². The maximum absolute atomic E-state index is 5.28. The zero-order chi connectivity index (χ0) is 12.8. The van der Waals surface area contributed by atoms with Crippen molar-refractivity contribution in [3.63, 3.8) is 0 Å². The zero-order valence-electron chi connectivity index (χ0n) is 10.4. The number of nitrogens with one attached hydrogen (secondary N) is 2. The van der Waals surface area contributed by atoms with E-state index in [1.807, 2.05) is 0 Å². The number of hydrazine groups is 1. The third-order valence-corrected chi connectivity index (χ3v) is 2.69. The van der Waals surface area contributed by atoms with Crippen LogP contribution in [0.5, 0.6) is 0 Å². The molecule has 0 radical (unpaired) electrons. The van der Waals surface area contributed by atoms with Crippen LogP contribution in [-0.2, 0) is 13.0 Å². The molecule has 0 unspecified atom stereocenters. The van der Waals surface area contributed by atoms with Crippen LogP contribution in [0.1, 0.15) is 18.1 Å². The molecule has 0 fully saturated rings. The van der Waals surface area contributed by atoms with E-state index in [9.17, 15) is 0 Å². The SMILES string of the molecule is CCc1ccc(CNc2cncc(NN)n2)cc1. The number of aryl methyl sites for hydroxylation is 1. The molecule has 0 aliphatic heterocycles. The van der Waals surface area contributed by atoms with Crippen LogP contribution in [0.15, 0.2) is 36.7 Å². The Balaban J connectivity index is 1.97. The lowest BCUT2D eigenvalue weighted by Crippen LogP contribution is -2.10. The van der Waals surface area contributed by atoms with Crippen molar-refractivity contribution in [2.45, 2.75) is 19.9 Å². The summed E-state index contributed by atoms with van der Waals surface area (Å²) in [6.45, 7) is 2.86. The second-order valence-corrected chi connectivity index (χ2v) is 3.96. The van der Waals surface area contributed by atoms with E-state index in [1.165, 1.54) is 11.1 Å². The van der Waals surface area contributed by atoms with Gasteiger partial charge < -0.3 is 10.7 Å². The van der Waals surface area contributed by atoms with Crippen molar-refractivity contribution in [2.24, 2.45) is 5.84 Å². The van der Waals surface area contributed by atoms with Crippen LogP contribution in [-0.4, -0.2) is 9.97 Å². The van der Waals surface area contributed by atoms with Gasteiger partial charge in [0, 0.05) is 6.54 Å². The molecular formula is C13H17N5. The van der Waals surface area contributed by atoms with E-state index in [-0.39, 0.29) is 0 Å². The van der Waals surface area contributed by atoms with Gasteiger partial charge in [-0.3, -0.25) is 4.98 Å². The third kappa shape index (κ3) is 3.18. The molecule has 18 heavy (non-hydrogen) atoms. The maximum atomic E-state index is 5.28. The van der Waals surface area contributed by atoms with Crippen molar-refractivity contribution in [3.8, 4) is 0 Å². The number of benzene rings is 1. The fourth-order valence-corrected chi connectivity index (χ4v) is 1.61. The van der Waals surface area contributed by atoms with E-state index < -0.39 is 0 Å². The number of nitrogens with zero attached hydrogens (tertiary/aromatic N) is 2. The molecule has 0 saturated heterocycles. The number of nitrogen functional groups attached to an aromatic ring is 1. The summed E-state index contributed by atoms with van der Waals surface area (Å²) in [6, 6.07) is 8.51. The van der Waals surface area contributed by atoms with Crippen molar-refractivity contribution < 1.29 is 0 Å². The van der Waals surface area contributed by atoms with Gasteiger partial charge >= 0.3 is 0 Å². The Morgan fingerprint density at radius 1 is 1.06 bits per heavy atom. The Labute approximate surface area is 106 Å². The lowest BCUT2D eigenvalue weighted by Gasteiger charge is -2.07. The Morgan fingerprint density at radius 3 is 2.39 bits per heavy atom. The van der Waals surface area contributed by atoms with Crippen molar-refractivity contribution in [1.29, 1.82) is 0 Å². The number of rotatable bonds is 5. The van der Waals surface area contributed by atoms with Gasteiger partial charge in [-0.05, 0) is 17.5 Å². The second-order valence-electron chi connectivity index (χ2n) is 3.96. The van der Waals surface area contributed by atoms with Gasteiger partial charge in [0.1, 0.15) is 5.82 Å². The van der Waals surface area contributed by atoms with E-state index in [1.54, 1.807) is 12.4 Å². The van der Waals surface area contributed by atoms with E-state index in [2.05, 4.69) is 51.9 Å². The smallest absolute Gasteiger partial charge is 0.160 e. The molecular weight excluding hydrogens is 226 g/mol. The molecule has 2 aromatic rings. The molecule has 1 aromatic heterocycles. The summed E-state index contributed by atoms with van der Waals surface area (Å²) in [5.74, 6) is 6.52. The summed E-state index contributed by atoms with van der Waals surface area (Å²) < 4.78 is 0. The van der Waals surface area contributed by atoms with Gasteiger partial charge in [-0.15, -0.1) is 0 Å². The average molecular weight is 243 g/mol. The molecule has 0 bridgehead atoms. The number of hydrogen-bond acceptors (Lipinski definition) is 5. The first-order chi connectivity index (χ1) is 8.81. The summed E-state index contributed by atoms with van der Waals surface area (Å²) in [7, 11) is 0. The first kappa shape index (κ1) is 12.3. The van der Waals surface area contributed by atoms with Crippen LogP contribution >= 0.6 is 0 Å². The molecule has 2 rings (SSSR count). The van der Waals surface area contributed by atoms with Gasteiger partial charge in [0.15, 0.2) is 5.82 Å². The van der Waals surface area contributed by atoms with Crippen molar-refractivity contribution in [2.75, 3.05) is 10.7 Å². The Morgan fingerprint density at radius 2 is 1.72 bits per heavy atom. The van der Waals surface area contributed by atoms with Crippen LogP contribution in [0, 0.1) is 0 Å². The Kier molecular flexibility index (Phi) is 4.09. The monoisotopic (exact) mass is 243 g/mol. The van der Waals surface area contributed by atoms with Crippen LogP contribution in [0.25, 0.3) is 0 Å². The third-order valence-electron chi connectivity index (χ3n) is 2.69. The number of nitrogens with two attached hydrogens (primary N) is 1. The molecule has 0 aliphatic rings. The zero-order valence-corrected chi connectivity index (χ0v) is 10.4. The van der Waals surface area contributed by atoms with Gasteiger partial charge in [0.05, 0.1) is 12.4 Å². The fourth-order valence-electron chi connectivity index (χ4n) is 1.61. The van der Waals surface area contributed by atoms with Gasteiger partial charge in [-0.25, -0.2) is 10.8 Å². The summed E-state index contributed by atoms with van der Waals surface area (Å²) in [6.07, 6.45) is 4.30. The number of hydrogen-bond donors (Lipinski definition) is 3. The van der Waals surface area contributed by atoms with E-state index in [0.717, 1.165) is 6.42 Å². The average Bonchev–Trinajstić information content (AvgIpc) is 2.46. The summed E-state index contributed by atoms with van der Waals surface area (Å²) >= 11 is 0. The summed E-state index contributed by atoms with van der Waals surface area (Å²) in [4.78, 5) is 8.26. The molecule has 5 nitrogen and oxygen atoms in total. The molecule has 0 aliphatic carbocycles. The molecule has 0 atom stereocenters. The predicted molar refractivity (Wildman–Crippen MR) is 73.0 cm³/mol. The standard InChI is InChI=1S/C13H17N5/c1-2-10-3-5-11(6-4-10)7-16-12-8-15-9-13(17-12)18-14/h3-6,8-9H,2,7,14H2,1H3,(H2,16,17,18). The van der Waals surface area contributed by atoms with Crippen LogP contribution in [0.3, 0.4) is 0 Å². The highest BCUT2D eigenvalue weighted by molar-refractivity contribution is 5.41. The number of anilines is 2. The fraction of sp³-hybridized carbons (Fsp3) is 0.231. The van der Waals surface area contributed by atoms with E-state index in [4.69, 9.17) is 5.84 Å².